The van der Waals surface area contributed by atoms with E-state index < -0.39 is 10.0 Å². The lowest BCUT2D eigenvalue weighted by molar-refractivity contribution is -0.0358. The lowest BCUT2D eigenvalue weighted by Crippen LogP contribution is -2.42. The summed E-state index contributed by atoms with van der Waals surface area (Å²) in [6.07, 6.45) is 3.19. The van der Waals surface area contributed by atoms with Crippen molar-refractivity contribution in [3.8, 4) is 0 Å². The SMILES string of the molecule is CC(C)(CN)OCC1CCCN(S(C)(=O)=O)C1. The van der Waals surface area contributed by atoms with Crippen molar-refractivity contribution in [2.45, 2.75) is 32.3 Å². The average molecular weight is 264 g/mol. The number of hydrogen-bond acceptors (Lipinski definition) is 4. The third-order valence-corrected chi connectivity index (χ3v) is 4.42. The minimum Gasteiger partial charge on any atom is -0.374 e. The molecule has 0 bridgehead atoms. The minimum atomic E-state index is -3.07. The van der Waals surface area contributed by atoms with Crippen molar-refractivity contribution < 1.29 is 13.2 Å². The van der Waals surface area contributed by atoms with Crippen molar-refractivity contribution in [2.24, 2.45) is 11.7 Å². The predicted octanol–water partition coefficient (Wildman–Crippen LogP) is 0.412. The highest BCUT2D eigenvalue weighted by Gasteiger charge is 2.27. The van der Waals surface area contributed by atoms with Crippen LogP contribution in [0.2, 0.25) is 0 Å². The fraction of sp³-hybridized carbons (Fsp3) is 1.00. The van der Waals surface area contributed by atoms with Crippen LogP contribution in [0.15, 0.2) is 0 Å². The Morgan fingerprint density at radius 2 is 2.12 bits per heavy atom. The van der Waals surface area contributed by atoms with E-state index in [0.29, 0.717) is 26.2 Å². The van der Waals surface area contributed by atoms with E-state index in [9.17, 15) is 8.42 Å². The van der Waals surface area contributed by atoms with Crippen LogP contribution in [-0.4, -0.2) is 50.8 Å². The fourth-order valence-electron chi connectivity index (χ4n) is 1.87. The molecule has 5 nitrogen and oxygen atoms in total. The van der Waals surface area contributed by atoms with Crippen molar-refractivity contribution in [1.29, 1.82) is 0 Å². The van der Waals surface area contributed by atoms with Crippen LogP contribution >= 0.6 is 0 Å². The van der Waals surface area contributed by atoms with Gasteiger partial charge in [0, 0.05) is 19.6 Å². The lowest BCUT2D eigenvalue weighted by atomic mass is 10.0. The van der Waals surface area contributed by atoms with Crippen molar-refractivity contribution in [2.75, 3.05) is 32.5 Å². The second kappa shape index (κ2) is 5.65. The van der Waals surface area contributed by atoms with Gasteiger partial charge in [0.1, 0.15) is 0 Å². The van der Waals surface area contributed by atoms with Gasteiger partial charge in [0.2, 0.25) is 10.0 Å². The Morgan fingerprint density at radius 1 is 1.47 bits per heavy atom. The molecule has 0 saturated carbocycles. The first-order chi connectivity index (χ1) is 7.74. The molecule has 0 aromatic rings. The summed E-state index contributed by atoms with van der Waals surface area (Å²) in [4.78, 5) is 0. The Kier molecular flexibility index (Phi) is 4.95. The van der Waals surface area contributed by atoms with Crippen molar-refractivity contribution in [1.82, 2.24) is 4.31 Å². The zero-order valence-electron chi connectivity index (χ0n) is 11.0. The standard InChI is InChI=1S/C11H24N2O3S/c1-11(2,9-12)16-8-10-5-4-6-13(7-10)17(3,14)15/h10H,4-9,12H2,1-3H3. The van der Waals surface area contributed by atoms with Crippen molar-refractivity contribution >= 4 is 10.0 Å². The zero-order chi connectivity index (χ0) is 13.1. The minimum absolute atomic E-state index is 0.282. The highest BCUT2D eigenvalue weighted by Crippen LogP contribution is 2.20. The molecule has 1 rings (SSSR count). The number of nitrogens with two attached hydrogens (primary N) is 1. The van der Waals surface area contributed by atoms with E-state index in [2.05, 4.69) is 0 Å². The van der Waals surface area contributed by atoms with Crippen LogP contribution in [0.3, 0.4) is 0 Å². The molecule has 0 aromatic carbocycles. The van der Waals surface area contributed by atoms with Gasteiger partial charge < -0.3 is 10.5 Å². The molecule has 0 radical (unpaired) electrons. The number of sulfonamides is 1. The van der Waals surface area contributed by atoms with Gasteiger partial charge in [0.05, 0.1) is 18.5 Å². The molecule has 1 heterocycles. The molecule has 0 amide bonds. The van der Waals surface area contributed by atoms with Crippen LogP contribution in [0.4, 0.5) is 0 Å². The Morgan fingerprint density at radius 3 is 2.65 bits per heavy atom. The van der Waals surface area contributed by atoms with Gasteiger partial charge in [0.25, 0.3) is 0 Å². The van der Waals surface area contributed by atoms with E-state index in [1.165, 1.54) is 6.26 Å². The molecular weight excluding hydrogens is 240 g/mol. The summed E-state index contributed by atoms with van der Waals surface area (Å²) in [6.45, 7) is 6.15. The molecule has 102 valence electrons. The average Bonchev–Trinajstić information content (AvgIpc) is 2.26. The first-order valence-electron chi connectivity index (χ1n) is 6.04. The van der Waals surface area contributed by atoms with Gasteiger partial charge in [-0.1, -0.05) is 0 Å². The fourth-order valence-corrected chi connectivity index (χ4v) is 2.81. The van der Waals surface area contributed by atoms with E-state index in [1.54, 1.807) is 4.31 Å². The second-order valence-corrected chi connectivity index (χ2v) is 7.39. The first-order valence-corrected chi connectivity index (χ1v) is 7.88. The molecule has 0 aliphatic carbocycles. The maximum atomic E-state index is 11.5. The van der Waals surface area contributed by atoms with Crippen molar-refractivity contribution in [3.05, 3.63) is 0 Å². The predicted molar refractivity (Wildman–Crippen MR) is 68.2 cm³/mol. The largest absolute Gasteiger partial charge is 0.374 e. The van der Waals surface area contributed by atoms with E-state index in [0.717, 1.165) is 12.8 Å². The Balaban J connectivity index is 2.46. The molecule has 1 saturated heterocycles. The van der Waals surface area contributed by atoms with Crippen LogP contribution in [0.1, 0.15) is 26.7 Å². The molecule has 6 heteroatoms. The van der Waals surface area contributed by atoms with Crippen LogP contribution in [-0.2, 0) is 14.8 Å². The van der Waals surface area contributed by atoms with Gasteiger partial charge in [-0.25, -0.2) is 12.7 Å². The van der Waals surface area contributed by atoms with Gasteiger partial charge in [-0.15, -0.1) is 0 Å². The summed E-state index contributed by atoms with van der Waals surface area (Å²) in [5.41, 5.74) is 5.26. The first kappa shape index (κ1) is 14.9. The van der Waals surface area contributed by atoms with Crippen molar-refractivity contribution in [3.63, 3.8) is 0 Å². The molecule has 1 atom stereocenters. The maximum absolute atomic E-state index is 11.5. The third-order valence-electron chi connectivity index (χ3n) is 3.15. The maximum Gasteiger partial charge on any atom is 0.211 e. The lowest BCUT2D eigenvalue weighted by Gasteiger charge is -2.33. The smallest absolute Gasteiger partial charge is 0.211 e. The normalized spacial score (nSPS) is 23.9. The molecule has 1 aliphatic heterocycles. The summed E-state index contributed by atoms with van der Waals surface area (Å²) in [5.74, 6) is 0.282. The van der Waals surface area contributed by atoms with Gasteiger partial charge in [-0.3, -0.25) is 0 Å². The van der Waals surface area contributed by atoms with Gasteiger partial charge in [-0.2, -0.15) is 0 Å². The number of hydrogen-bond donors (Lipinski definition) is 1. The van der Waals surface area contributed by atoms with Gasteiger partial charge in [-0.05, 0) is 32.6 Å². The molecule has 1 fully saturated rings. The van der Waals surface area contributed by atoms with Crippen LogP contribution < -0.4 is 5.73 Å². The van der Waals surface area contributed by atoms with E-state index in [1.807, 2.05) is 13.8 Å². The van der Waals surface area contributed by atoms with E-state index >= 15 is 0 Å². The highest BCUT2D eigenvalue weighted by molar-refractivity contribution is 7.88. The summed E-state index contributed by atoms with van der Waals surface area (Å²) in [5, 5.41) is 0. The Bertz CT molecular complexity index is 341. The molecule has 1 unspecified atom stereocenters. The number of nitrogens with zero attached hydrogens (tertiary/aromatic N) is 1. The molecule has 0 spiro atoms. The molecule has 2 N–H and O–H groups in total. The topological polar surface area (TPSA) is 72.6 Å². The Hall–Kier alpha value is -0.170. The molecule has 17 heavy (non-hydrogen) atoms. The number of ether oxygens (including phenoxy) is 1. The molecular formula is C11H24N2O3S. The Labute approximate surface area is 104 Å². The summed E-state index contributed by atoms with van der Waals surface area (Å²) in [6, 6.07) is 0. The monoisotopic (exact) mass is 264 g/mol. The van der Waals surface area contributed by atoms with E-state index in [4.69, 9.17) is 10.5 Å². The van der Waals surface area contributed by atoms with Crippen LogP contribution in [0.5, 0.6) is 0 Å². The highest BCUT2D eigenvalue weighted by atomic mass is 32.2. The molecule has 0 aromatic heterocycles. The summed E-state index contributed by atoms with van der Waals surface area (Å²) < 4.78 is 30.2. The van der Waals surface area contributed by atoms with Crippen LogP contribution in [0.25, 0.3) is 0 Å². The van der Waals surface area contributed by atoms with Gasteiger partial charge >= 0.3 is 0 Å². The quantitative estimate of drug-likeness (QED) is 0.780. The summed E-state index contributed by atoms with van der Waals surface area (Å²) >= 11 is 0. The van der Waals surface area contributed by atoms with E-state index in [-0.39, 0.29) is 11.5 Å². The molecule has 1 aliphatic rings. The van der Waals surface area contributed by atoms with Crippen LogP contribution in [0, 0.1) is 5.92 Å². The second-order valence-electron chi connectivity index (χ2n) is 5.40. The van der Waals surface area contributed by atoms with Gasteiger partial charge in [0.15, 0.2) is 0 Å². The number of rotatable bonds is 5. The number of piperidine rings is 1. The summed E-state index contributed by atoms with van der Waals surface area (Å²) in [7, 11) is -3.07. The third kappa shape index (κ3) is 4.91. The zero-order valence-corrected chi connectivity index (χ0v) is 11.8.